The van der Waals surface area contributed by atoms with E-state index >= 15 is 0 Å². The Morgan fingerprint density at radius 2 is 2.00 bits per heavy atom. The maximum Gasteiger partial charge on any atom is 0.226 e. The molecule has 15 heavy (non-hydrogen) atoms. The van der Waals surface area contributed by atoms with Crippen molar-refractivity contribution in [2.45, 2.75) is 45.1 Å². The highest BCUT2D eigenvalue weighted by Crippen LogP contribution is 2.26. The second-order valence-electron chi connectivity index (χ2n) is 4.92. The fourth-order valence-electron chi connectivity index (χ4n) is 2.75. The van der Waals surface area contributed by atoms with Crippen molar-refractivity contribution in [2.75, 3.05) is 19.6 Å². The summed E-state index contributed by atoms with van der Waals surface area (Å²) in [7, 11) is 0. The Hall–Kier alpha value is -0.570. The number of piperazine rings is 1. The predicted molar refractivity (Wildman–Crippen MR) is 60.6 cm³/mol. The molecule has 0 bridgehead atoms. The minimum atomic E-state index is 0.333. The third-order valence-electron chi connectivity index (χ3n) is 3.74. The molecular weight excluding hydrogens is 188 g/mol. The van der Waals surface area contributed by atoms with Gasteiger partial charge in [0.1, 0.15) is 0 Å². The van der Waals surface area contributed by atoms with Crippen LogP contribution in [0.25, 0.3) is 0 Å². The molecule has 0 aromatic heterocycles. The van der Waals surface area contributed by atoms with Gasteiger partial charge in [0, 0.05) is 31.6 Å². The van der Waals surface area contributed by atoms with Crippen LogP contribution in [-0.2, 0) is 4.79 Å². The van der Waals surface area contributed by atoms with Gasteiger partial charge in [0.05, 0.1) is 0 Å². The normalized spacial score (nSPS) is 29.1. The highest BCUT2D eigenvalue weighted by atomic mass is 16.2. The lowest BCUT2D eigenvalue weighted by Gasteiger charge is -2.37. The Labute approximate surface area is 92.2 Å². The van der Waals surface area contributed by atoms with Gasteiger partial charge in [-0.25, -0.2) is 0 Å². The van der Waals surface area contributed by atoms with Crippen LogP contribution in [-0.4, -0.2) is 36.5 Å². The van der Waals surface area contributed by atoms with Crippen LogP contribution < -0.4 is 5.32 Å². The number of hydrogen-bond acceptors (Lipinski definition) is 2. The van der Waals surface area contributed by atoms with Crippen LogP contribution in [0.15, 0.2) is 0 Å². The van der Waals surface area contributed by atoms with E-state index in [2.05, 4.69) is 17.1 Å². The van der Waals surface area contributed by atoms with Gasteiger partial charge in [0.2, 0.25) is 5.91 Å². The minimum absolute atomic E-state index is 0.333. The van der Waals surface area contributed by atoms with Gasteiger partial charge in [-0.2, -0.15) is 0 Å². The van der Waals surface area contributed by atoms with Crippen LogP contribution in [0.3, 0.4) is 0 Å². The van der Waals surface area contributed by atoms with E-state index in [1.165, 1.54) is 19.3 Å². The van der Waals surface area contributed by atoms with E-state index in [1.807, 2.05) is 0 Å². The number of carbonyl (C=O) groups is 1. The Kier molecular flexibility index (Phi) is 3.62. The summed E-state index contributed by atoms with van der Waals surface area (Å²) in [5.41, 5.74) is 0. The molecule has 1 heterocycles. The molecule has 86 valence electrons. The number of hydrogen-bond donors (Lipinski definition) is 1. The summed E-state index contributed by atoms with van der Waals surface area (Å²) in [6, 6.07) is 0.383. The van der Waals surface area contributed by atoms with Crippen molar-refractivity contribution in [2.24, 2.45) is 5.92 Å². The van der Waals surface area contributed by atoms with Crippen LogP contribution in [0.1, 0.15) is 39.0 Å². The lowest BCUT2D eigenvalue weighted by Crippen LogP contribution is -2.54. The Balaban J connectivity index is 1.92. The van der Waals surface area contributed by atoms with Crippen molar-refractivity contribution in [3.63, 3.8) is 0 Å². The van der Waals surface area contributed by atoms with E-state index in [0.717, 1.165) is 32.5 Å². The van der Waals surface area contributed by atoms with Gasteiger partial charge in [-0.1, -0.05) is 19.3 Å². The van der Waals surface area contributed by atoms with E-state index in [4.69, 9.17) is 0 Å². The average Bonchev–Trinajstić information content (AvgIpc) is 2.30. The van der Waals surface area contributed by atoms with Gasteiger partial charge in [-0.15, -0.1) is 0 Å². The average molecular weight is 210 g/mol. The van der Waals surface area contributed by atoms with Crippen molar-refractivity contribution in [1.82, 2.24) is 10.2 Å². The van der Waals surface area contributed by atoms with Gasteiger partial charge >= 0.3 is 0 Å². The van der Waals surface area contributed by atoms with E-state index in [0.29, 0.717) is 17.9 Å². The van der Waals surface area contributed by atoms with Crippen molar-refractivity contribution in [3.8, 4) is 0 Å². The van der Waals surface area contributed by atoms with Crippen molar-refractivity contribution in [1.29, 1.82) is 0 Å². The highest BCUT2D eigenvalue weighted by Gasteiger charge is 2.29. The summed E-state index contributed by atoms with van der Waals surface area (Å²) in [5, 5.41) is 3.33. The molecule has 2 aliphatic rings. The van der Waals surface area contributed by atoms with Crippen LogP contribution in [0, 0.1) is 5.92 Å². The summed E-state index contributed by atoms with van der Waals surface area (Å²) < 4.78 is 0. The molecule has 1 aliphatic carbocycles. The fourth-order valence-corrected chi connectivity index (χ4v) is 2.75. The zero-order valence-corrected chi connectivity index (χ0v) is 9.67. The van der Waals surface area contributed by atoms with Crippen molar-refractivity contribution in [3.05, 3.63) is 0 Å². The monoisotopic (exact) mass is 210 g/mol. The third-order valence-corrected chi connectivity index (χ3v) is 3.74. The maximum atomic E-state index is 12.3. The SMILES string of the molecule is C[C@@H]1CNCCN1C(=O)C1CCCCC1. The van der Waals surface area contributed by atoms with Gasteiger partial charge < -0.3 is 10.2 Å². The standard InChI is InChI=1S/C12H22N2O/c1-10-9-13-7-8-14(10)12(15)11-5-3-2-4-6-11/h10-11,13H,2-9H2,1H3/t10-/m1/s1. The first-order valence-electron chi connectivity index (χ1n) is 6.30. The summed E-state index contributed by atoms with van der Waals surface area (Å²) >= 11 is 0. The summed E-state index contributed by atoms with van der Waals surface area (Å²) in [6.07, 6.45) is 6.06. The van der Waals surface area contributed by atoms with Crippen LogP contribution in [0.2, 0.25) is 0 Å². The molecule has 3 nitrogen and oxygen atoms in total. The fraction of sp³-hybridized carbons (Fsp3) is 0.917. The second-order valence-corrected chi connectivity index (χ2v) is 4.92. The highest BCUT2D eigenvalue weighted by molar-refractivity contribution is 5.79. The molecule has 0 aromatic rings. The molecule has 2 fully saturated rings. The number of amides is 1. The van der Waals surface area contributed by atoms with E-state index < -0.39 is 0 Å². The zero-order chi connectivity index (χ0) is 10.7. The smallest absolute Gasteiger partial charge is 0.226 e. The van der Waals surface area contributed by atoms with Gasteiger partial charge in [-0.3, -0.25) is 4.79 Å². The Morgan fingerprint density at radius 1 is 1.27 bits per heavy atom. The summed E-state index contributed by atoms with van der Waals surface area (Å²) in [4.78, 5) is 14.4. The quantitative estimate of drug-likeness (QED) is 0.709. The molecule has 0 spiro atoms. The molecule has 1 saturated carbocycles. The maximum absolute atomic E-state index is 12.3. The van der Waals surface area contributed by atoms with E-state index in [1.54, 1.807) is 0 Å². The summed E-state index contributed by atoms with van der Waals surface area (Å²) in [6.45, 7) is 4.96. The number of carbonyl (C=O) groups excluding carboxylic acids is 1. The van der Waals surface area contributed by atoms with Gasteiger partial charge in [0.25, 0.3) is 0 Å². The van der Waals surface area contributed by atoms with Crippen molar-refractivity contribution >= 4 is 5.91 Å². The van der Waals surface area contributed by atoms with E-state index in [9.17, 15) is 4.79 Å². The third kappa shape index (κ3) is 2.51. The zero-order valence-electron chi connectivity index (χ0n) is 9.67. The molecule has 1 N–H and O–H groups in total. The second kappa shape index (κ2) is 4.97. The first kappa shape index (κ1) is 10.9. The number of rotatable bonds is 1. The molecular formula is C12H22N2O. The Morgan fingerprint density at radius 3 is 2.67 bits per heavy atom. The lowest BCUT2D eigenvalue weighted by molar-refractivity contribution is -0.139. The largest absolute Gasteiger partial charge is 0.337 e. The van der Waals surface area contributed by atoms with E-state index in [-0.39, 0.29) is 0 Å². The van der Waals surface area contributed by atoms with Crippen LogP contribution in [0.4, 0.5) is 0 Å². The Bertz CT molecular complexity index is 224. The molecule has 2 rings (SSSR count). The minimum Gasteiger partial charge on any atom is -0.337 e. The molecule has 1 atom stereocenters. The van der Waals surface area contributed by atoms with Crippen LogP contribution in [0.5, 0.6) is 0 Å². The molecule has 0 aromatic carbocycles. The van der Waals surface area contributed by atoms with Gasteiger partial charge in [0.15, 0.2) is 0 Å². The molecule has 0 radical (unpaired) electrons. The van der Waals surface area contributed by atoms with Crippen molar-refractivity contribution < 1.29 is 4.79 Å². The molecule has 3 heteroatoms. The molecule has 1 aliphatic heterocycles. The first-order valence-corrected chi connectivity index (χ1v) is 6.30. The number of nitrogens with zero attached hydrogens (tertiary/aromatic N) is 1. The first-order chi connectivity index (χ1) is 7.29. The molecule has 0 unspecified atom stereocenters. The molecule has 1 saturated heterocycles. The lowest BCUT2D eigenvalue weighted by atomic mass is 9.88. The summed E-state index contributed by atoms with van der Waals surface area (Å²) in [5.74, 6) is 0.753. The predicted octanol–water partition coefficient (Wildman–Crippen LogP) is 1.39. The van der Waals surface area contributed by atoms with Crippen LogP contribution >= 0.6 is 0 Å². The molecule has 1 amide bonds. The van der Waals surface area contributed by atoms with Gasteiger partial charge in [-0.05, 0) is 19.8 Å². The number of nitrogens with one attached hydrogen (secondary N) is 1. The topological polar surface area (TPSA) is 32.3 Å².